The van der Waals surface area contributed by atoms with E-state index in [1.54, 1.807) is 24.3 Å². The van der Waals surface area contributed by atoms with Crippen LogP contribution in [0.3, 0.4) is 0 Å². The van der Waals surface area contributed by atoms with Crippen LogP contribution in [0.1, 0.15) is 18.4 Å². The lowest BCUT2D eigenvalue weighted by atomic mass is 10.1. The van der Waals surface area contributed by atoms with Crippen LogP contribution in [0.4, 0.5) is 5.69 Å². The lowest BCUT2D eigenvalue weighted by molar-refractivity contribution is -0.119. The Bertz CT molecular complexity index is 912. The van der Waals surface area contributed by atoms with Crippen molar-refractivity contribution in [2.24, 2.45) is 0 Å². The van der Waals surface area contributed by atoms with Gasteiger partial charge in [-0.15, -0.1) is 11.3 Å². The van der Waals surface area contributed by atoms with Gasteiger partial charge in [0.25, 0.3) is 10.0 Å². The first-order valence-corrected chi connectivity index (χ1v) is 10.6. The van der Waals surface area contributed by atoms with Gasteiger partial charge in [0.05, 0.1) is 4.34 Å². The summed E-state index contributed by atoms with van der Waals surface area (Å²) in [7, 11) is -3.74. The first kappa shape index (κ1) is 18.7. The Labute approximate surface area is 160 Å². The van der Waals surface area contributed by atoms with E-state index in [-0.39, 0.29) is 10.1 Å². The van der Waals surface area contributed by atoms with Crippen molar-refractivity contribution < 1.29 is 13.2 Å². The molecule has 1 aromatic heterocycles. The van der Waals surface area contributed by atoms with Crippen molar-refractivity contribution in [1.82, 2.24) is 4.31 Å². The lowest BCUT2D eigenvalue weighted by Gasteiger charge is -2.23. The smallest absolute Gasteiger partial charge is 0.253 e. The maximum absolute atomic E-state index is 12.8. The van der Waals surface area contributed by atoms with Gasteiger partial charge in [-0.05, 0) is 55.7 Å². The van der Waals surface area contributed by atoms with E-state index >= 15 is 0 Å². The van der Waals surface area contributed by atoms with Crippen LogP contribution in [-0.2, 0) is 14.8 Å². The fourth-order valence-electron chi connectivity index (χ4n) is 2.83. The van der Waals surface area contributed by atoms with Gasteiger partial charge in [-0.25, -0.2) is 8.42 Å². The molecule has 25 heavy (non-hydrogen) atoms. The average molecular weight is 419 g/mol. The van der Waals surface area contributed by atoms with Gasteiger partial charge in [0.2, 0.25) is 5.91 Å². The van der Waals surface area contributed by atoms with Gasteiger partial charge in [-0.1, -0.05) is 23.2 Å². The molecule has 0 bridgehead atoms. The molecule has 1 amide bonds. The van der Waals surface area contributed by atoms with Crippen molar-refractivity contribution in [2.75, 3.05) is 11.9 Å². The van der Waals surface area contributed by atoms with E-state index < -0.39 is 16.1 Å². The molecule has 2 aromatic rings. The zero-order valence-electron chi connectivity index (χ0n) is 13.3. The van der Waals surface area contributed by atoms with Gasteiger partial charge >= 0.3 is 0 Å². The number of aryl methyl sites for hydroxylation is 1. The fraction of sp³-hybridized carbons (Fsp3) is 0.312. The van der Waals surface area contributed by atoms with Gasteiger partial charge in [-0.3, -0.25) is 4.79 Å². The highest BCUT2D eigenvalue weighted by Crippen LogP contribution is 2.32. The fourth-order valence-corrected chi connectivity index (χ4v) is 6.32. The van der Waals surface area contributed by atoms with Crippen LogP contribution >= 0.6 is 34.5 Å². The second-order valence-corrected chi connectivity index (χ2v) is 10.0. The highest BCUT2D eigenvalue weighted by Gasteiger charge is 2.40. The standard InChI is InChI=1S/C16H16Cl2N2O3S2/c1-10-9-11(17)4-5-12(10)19-16(21)13-3-2-8-20(13)25(22,23)15-7-6-14(18)24-15/h4-7,9,13H,2-3,8H2,1H3,(H,19,21)/t13-/m1/s1. The summed E-state index contributed by atoms with van der Waals surface area (Å²) in [5, 5.41) is 3.39. The summed E-state index contributed by atoms with van der Waals surface area (Å²) in [5.74, 6) is -0.339. The zero-order valence-corrected chi connectivity index (χ0v) is 16.5. The quantitative estimate of drug-likeness (QED) is 0.810. The molecule has 0 aliphatic carbocycles. The van der Waals surface area contributed by atoms with E-state index in [9.17, 15) is 13.2 Å². The van der Waals surface area contributed by atoms with Crippen LogP contribution < -0.4 is 5.32 Å². The molecule has 1 atom stereocenters. The Hall–Kier alpha value is -1.12. The third kappa shape index (κ3) is 3.85. The van der Waals surface area contributed by atoms with E-state index in [0.717, 1.165) is 16.9 Å². The normalized spacial score (nSPS) is 18.4. The highest BCUT2D eigenvalue weighted by atomic mass is 35.5. The van der Waals surface area contributed by atoms with Crippen molar-refractivity contribution in [1.29, 1.82) is 0 Å². The van der Waals surface area contributed by atoms with Crippen LogP contribution in [0.25, 0.3) is 0 Å². The number of amides is 1. The number of nitrogens with one attached hydrogen (secondary N) is 1. The first-order chi connectivity index (χ1) is 11.8. The highest BCUT2D eigenvalue weighted by molar-refractivity contribution is 7.91. The van der Waals surface area contributed by atoms with Crippen molar-refractivity contribution in [2.45, 2.75) is 30.0 Å². The van der Waals surface area contributed by atoms with E-state index in [1.165, 1.54) is 10.4 Å². The number of carbonyl (C=O) groups excluding carboxylic acids is 1. The molecule has 2 heterocycles. The first-order valence-electron chi connectivity index (χ1n) is 7.63. The Balaban J connectivity index is 1.82. The Morgan fingerprint density at radius 2 is 2.04 bits per heavy atom. The molecule has 3 rings (SSSR count). The second-order valence-electron chi connectivity index (χ2n) is 5.78. The molecule has 1 aliphatic rings. The Morgan fingerprint density at radius 1 is 1.28 bits per heavy atom. The Morgan fingerprint density at radius 3 is 2.68 bits per heavy atom. The second kappa shape index (κ2) is 7.25. The van der Waals surface area contributed by atoms with Crippen LogP contribution in [0.5, 0.6) is 0 Å². The zero-order chi connectivity index (χ0) is 18.2. The predicted octanol–water partition coefficient (Wildman–Crippen LogP) is 4.16. The van der Waals surface area contributed by atoms with E-state index in [2.05, 4.69) is 5.32 Å². The molecule has 9 heteroatoms. The number of thiophene rings is 1. The molecule has 0 radical (unpaired) electrons. The number of benzene rings is 1. The molecule has 1 aliphatic heterocycles. The van der Waals surface area contributed by atoms with E-state index in [4.69, 9.17) is 23.2 Å². The van der Waals surface area contributed by atoms with Crippen molar-refractivity contribution in [3.63, 3.8) is 0 Å². The summed E-state index contributed by atoms with van der Waals surface area (Å²) in [6.45, 7) is 2.15. The molecular weight excluding hydrogens is 403 g/mol. The van der Waals surface area contributed by atoms with Crippen molar-refractivity contribution >= 4 is 56.2 Å². The van der Waals surface area contributed by atoms with Crippen LogP contribution in [0.2, 0.25) is 9.36 Å². The number of anilines is 1. The molecule has 1 saturated heterocycles. The number of hydrogen-bond donors (Lipinski definition) is 1. The molecular formula is C16H16Cl2N2O3S2. The topological polar surface area (TPSA) is 66.5 Å². The number of nitrogens with zero attached hydrogens (tertiary/aromatic N) is 1. The van der Waals surface area contributed by atoms with Crippen molar-refractivity contribution in [3.8, 4) is 0 Å². The van der Waals surface area contributed by atoms with Crippen LogP contribution in [0, 0.1) is 6.92 Å². The molecule has 1 N–H and O–H groups in total. The molecule has 0 unspecified atom stereocenters. The molecule has 0 saturated carbocycles. The van der Waals surface area contributed by atoms with Gasteiger partial charge in [-0.2, -0.15) is 4.31 Å². The minimum absolute atomic E-state index is 0.153. The maximum Gasteiger partial charge on any atom is 0.253 e. The number of carbonyl (C=O) groups is 1. The minimum Gasteiger partial charge on any atom is -0.324 e. The summed E-state index contributed by atoms with van der Waals surface area (Å²) >= 11 is 12.8. The molecule has 5 nitrogen and oxygen atoms in total. The SMILES string of the molecule is Cc1cc(Cl)ccc1NC(=O)[C@H]1CCCN1S(=O)(=O)c1ccc(Cl)s1. The summed E-state index contributed by atoms with van der Waals surface area (Å²) < 4.78 is 27.4. The summed E-state index contributed by atoms with van der Waals surface area (Å²) in [6, 6.07) is 7.42. The van der Waals surface area contributed by atoms with Gasteiger partial charge in [0.15, 0.2) is 0 Å². The summed E-state index contributed by atoms with van der Waals surface area (Å²) in [4.78, 5) is 12.7. The molecule has 1 fully saturated rings. The third-order valence-corrected chi connectivity index (χ3v) is 7.91. The van der Waals surface area contributed by atoms with Crippen LogP contribution in [0.15, 0.2) is 34.5 Å². The largest absolute Gasteiger partial charge is 0.324 e. The van der Waals surface area contributed by atoms with E-state index in [0.29, 0.717) is 34.4 Å². The minimum atomic E-state index is -3.74. The number of sulfonamides is 1. The molecule has 134 valence electrons. The molecule has 1 aromatic carbocycles. The van der Waals surface area contributed by atoms with Crippen molar-refractivity contribution in [3.05, 3.63) is 45.3 Å². The monoisotopic (exact) mass is 418 g/mol. The maximum atomic E-state index is 12.8. The molecule has 0 spiro atoms. The number of halogens is 2. The van der Waals surface area contributed by atoms with Crippen LogP contribution in [-0.4, -0.2) is 31.2 Å². The summed E-state index contributed by atoms with van der Waals surface area (Å²) in [6.07, 6.45) is 1.12. The van der Waals surface area contributed by atoms with Gasteiger partial charge in [0.1, 0.15) is 10.3 Å². The predicted molar refractivity (Wildman–Crippen MR) is 101 cm³/mol. The van der Waals surface area contributed by atoms with E-state index in [1.807, 2.05) is 6.92 Å². The Kier molecular flexibility index (Phi) is 5.41. The van der Waals surface area contributed by atoms with Gasteiger partial charge < -0.3 is 5.32 Å². The average Bonchev–Trinajstić information content (AvgIpc) is 3.19. The summed E-state index contributed by atoms with van der Waals surface area (Å²) in [5.41, 5.74) is 1.44. The van der Waals surface area contributed by atoms with Gasteiger partial charge in [0, 0.05) is 17.3 Å². The lowest BCUT2D eigenvalue weighted by Crippen LogP contribution is -2.42. The number of rotatable bonds is 4. The third-order valence-electron chi connectivity index (χ3n) is 4.06. The number of hydrogen-bond acceptors (Lipinski definition) is 4.